The normalized spacial score (nSPS) is 24.2. The van der Waals surface area contributed by atoms with Gasteiger partial charge in [0.05, 0.1) is 0 Å². The molecule has 2 heterocycles. The van der Waals surface area contributed by atoms with Gasteiger partial charge in [-0.1, -0.05) is 30.3 Å². The molecule has 104 valence electrons. The Kier molecular flexibility index (Phi) is 4.16. The molecule has 1 aromatic carbocycles. The maximum absolute atomic E-state index is 5.60. The SMILES string of the molecule is c1ccc(C2(CN3CCNCC3)CCOCC2)cc1. The van der Waals surface area contributed by atoms with Crippen LogP contribution >= 0.6 is 0 Å². The van der Waals surface area contributed by atoms with E-state index in [2.05, 4.69) is 40.5 Å². The molecule has 2 aliphatic rings. The summed E-state index contributed by atoms with van der Waals surface area (Å²) in [6.45, 7) is 7.59. The molecule has 0 atom stereocenters. The van der Waals surface area contributed by atoms with Crippen molar-refractivity contribution in [2.75, 3.05) is 45.9 Å². The Bertz CT molecular complexity index is 381. The third-order valence-corrected chi connectivity index (χ3v) is 4.57. The topological polar surface area (TPSA) is 24.5 Å². The van der Waals surface area contributed by atoms with Gasteiger partial charge in [-0.25, -0.2) is 0 Å². The van der Waals surface area contributed by atoms with Gasteiger partial charge in [0, 0.05) is 51.4 Å². The molecule has 2 fully saturated rings. The average Bonchev–Trinajstić information content (AvgIpc) is 2.50. The predicted molar refractivity (Wildman–Crippen MR) is 77.5 cm³/mol. The van der Waals surface area contributed by atoms with E-state index in [-0.39, 0.29) is 0 Å². The van der Waals surface area contributed by atoms with E-state index in [4.69, 9.17) is 4.74 Å². The Labute approximate surface area is 115 Å². The Morgan fingerprint density at radius 2 is 1.74 bits per heavy atom. The second-order valence-corrected chi connectivity index (χ2v) is 5.78. The zero-order chi connectivity index (χ0) is 13.0. The lowest BCUT2D eigenvalue weighted by Crippen LogP contribution is -2.51. The van der Waals surface area contributed by atoms with Crippen LogP contribution in [0, 0.1) is 0 Å². The van der Waals surface area contributed by atoms with Crippen LogP contribution in [0.5, 0.6) is 0 Å². The first-order valence-corrected chi connectivity index (χ1v) is 7.45. The number of nitrogens with one attached hydrogen (secondary N) is 1. The van der Waals surface area contributed by atoms with Crippen LogP contribution < -0.4 is 5.32 Å². The maximum Gasteiger partial charge on any atom is 0.0475 e. The summed E-state index contributed by atoms with van der Waals surface area (Å²) in [6.07, 6.45) is 2.31. The Hall–Kier alpha value is -0.900. The molecule has 0 bridgehead atoms. The molecular formula is C16H24N2O. The van der Waals surface area contributed by atoms with Gasteiger partial charge in [-0.3, -0.25) is 4.90 Å². The molecule has 3 nitrogen and oxygen atoms in total. The highest BCUT2D eigenvalue weighted by Gasteiger charge is 2.36. The predicted octanol–water partition coefficient (Wildman–Crippen LogP) is 1.64. The first kappa shape index (κ1) is 13.1. The molecule has 2 aliphatic heterocycles. The maximum atomic E-state index is 5.60. The number of nitrogens with zero attached hydrogens (tertiary/aromatic N) is 1. The van der Waals surface area contributed by atoms with Gasteiger partial charge < -0.3 is 10.1 Å². The van der Waals surface area contributed by atoms with Crippen molar-refractivity contribution in [3.05, 3.63) is 35.9 Å². The van der Waals surface area contributed by atoms with Crippen LogP contribution in [0.25, 0.3) is 0 Å². The van der Waals surface area contributed by atoms with E-state index >= 15 is 0 Å². The van der Waals surface area contributed by atoms with E-state index in [0.717, 1.165) is 39.1 Å². The summed E-state index contributed by atoms with van der Waals surface area (Å²) >= 11 is 0. The molecule has 0 saturated carbocycles. The van der Waals surface area contributed by atoms with Crippen LogP contribution in [0.15, 0.2) is 30.3 Å². The number of hydrogen-bond acceptors (Lipinski definition) is 3. The molecule has 1 aromatic rings. The molecule has 19 heavy (non-hydrogen) atoms. The van der Waals surface area contributed by atoms with Gasteiger partial charge in [0.2, 0.25) is 0 Å². The highest BCUT2D eigenvalue weighted by Crippen LogP contribution is 2.35. The van der Waals surface area contributed by atoms with Crippen LogP contribution in [-0.4, -0.2) is 50.8 Å². The van der Waals surface area contributed by atoms with Crippen molar-refractivity contribution in [3.63, 3.8) is 0 Å². The largest absolute Gasteiger partial charge is 0.381 e. The molecule has 0 radical (unpaired) electrons. The summed E-state index contributed by atoms with van der Waals surface area (Å²) in [5, 5.41) is 3.44. The van der Waals surface area contributed by atoms with E-state index in [1.165, 1.54) is 25.2 Å². The summed E-state index contributed by atoms with van der Waals surface area (Å²) in [6, 6.07) is 11.1. The third kappa shape index (κ3) is 2.99. The highest BCUT2D eigenvalue weighted by atomic mass is 16.5. The molecular weight excluding hydrogens is 236 g/mol. The van der Waals surface area contributed by atoms with Crippen molar-refractivity contribution in [2.24, 2.45) is 0 Å². The zero-order valence-corrected chi connectivity index (χ0v) is 11.6. The van der Waals surface area contributed by atoms with Crippen molar-refractivity contribution in [1.82, 2.24) is 10.2 Å². The lowest BCUT2D eigenvalue weighted by atomic mass is 9.73. The van der Waals surface area contributed by atoms with Crippen molar-refractivity contribution in [3.8, 4) is 0 Å². The Balaban J connectivity index is 1.79. The van der Waals surface area contributed by atoms with E-state index in [1.54, 1.807) is 0 Å². The summed E-state index contributed by atoms with van der Waals surface area (Å²) in [5.41, 5.74) is 1.80. The minimum atomic E-state index is 0.302. The Morgan fingerprint density at radius 3 is 2.42 bits per heavy atom. The number of hydrogen-bond donors (Lipinski definition) is 1. The van der Waals surface area contributed by atoms with Crippen LogP contribution in [0.1, 0.15) is 18.4 Å². The molecule has 0 unspecified atom stereocenters. The first-order valence-electron chi connectivity index (χ1n) is 7.45. The zero-order valence-electron chi connectivity index (χ0n) is 11.6. The molecule has 3 rings (SSSR count). The summed E-state index contributed by atoms with van der Waals surface area (Å²) in [4.78, 5) is 2.62. The molecule has 0 spiro atoms. The van der Waals surface area contributed by atoms with Crippen molar-refractivity contribution in [1.29, 1.82) is 0 Å². The molecule has 1 N–H and O–H groups in total. The van der Waals surface area contributed by atoms with Gasteiger partial charge in [-0.15, -0.1) is 0 Å². The van der Waals surface area contributed by atoms with Crippen LogP contribution in [0.4, 0.5) is 0 Å². The smallest absolute Gasteiger partial charge is 0.0475 e. The third-order valence-electron chi connectivity index (χ3n) is 4.57. The van der Waals surface area contributed by atoms with Crippen LogP contribution in [0.2, 0.25) is 0 Å². The van der Waals surface area contributed by atoms with Gasteiger partial charge in [0.25, 0.3) is 0 Å². The summed E-state index contributed by atoms with van der Waals surface area (Å²) in [5.74, 6) is 0. The number of benzene rings is 1. The monoisotopic (exact) mass is 260 g/mol. The second kappa shape index (κ2) is 6.04. The van der Waals surface area contributed by atoms with Gasteiger partial charge in [0.15, 0.2) is 0 Å². The van der Waals surface area contributed by atoms with E-state index in [1.807, 2.05) is 0 Å². The van der Waals surface area contributed by atoms with Crippen molar-refractivity contribution < 1.29 is 4.74 Å². The minimum Gasteiger partial charge on any atom is -0.381 e. The molecule has 2 saturated heterocycles. The minimum absolute atomic E-state index is 0.302. The van der Waals surface area contributed by atoms with Gasteiger partial charge in [-0.2, -0.15) is 0 Å². The second-order valence-electron chi connectivity index (χ2n) is 5.78. The van der Waals surface area contributed by atoms with Crippen molar-refractivity contribution in [2.45, 2.75) is 18.3 Å². The number of ether oxygens (including phenoxy) is 1. The fourth-order valence-electron chi connectivity index (χ4n) is 3.39. The average molecular weight is 260 g/mol. The fourth-order valence-corrected chi connectivity index (χ4v) is 3.39. The van der Waals surface area contributed by atoms with Gasteiger partial charge in [-0.05, 0) is 18.4 Å². The van der Waals surface area contributed by atoms with E-state index in [9.17, 15) is 0 Å². The highest BCUT2D eigenvalue weighted by molar-refractivity contribution is 5.26. The fraction of sp³-hybridized carbons (Fsp3) is 0.625. The van der Waals surface area contributed by atoms with Gasteiger partial charge in [0.1, 0.15) is 0 Å². The van der Waals surface area contributed by atoms with E-state index in [0.29, 0.717) is 5.41 Å². The lowest BCUT2D eigenvalue weighted by Gasteiger charge is -2.42. The quantitative estimate of drug-likeness (QED) is 0.894. The van der Waals surface area contributed by atoms with Crippen LogP contribution in [0.3, 0.4) is 0 Å². The molecule has 0 aliphatic carbocycles. The van der Waals surface area contributed by atoms with Gasteiger partial charge >= 0.3 is 0 Å². The Morgan fingerprint density at radius 1 is 1.05 bits per heavy atom. The van der Waals surface area contributed by atoms with Crippen molar-refractivity contribution >= 4 is 0 Å². The summed E-state index contributed by atoms with van der Waals surface area (Å²) < 4.78 is 5.60. The number of piperazine rings is 1. The summed E-state index contributed by atoms with van der Waals surface area (Å²) in [7, 11) is 0. The molecule has 0 amide bonds. The first-order chi connectivity index (χ1) is 9.39. The standard InChI is InChI=1S/C16H24N2O/c1-2-4-15(5-3-1)16(6-12-19-13-7-16)14-18-10-8-17-9-11-18/h1-5,17H,6-14H2. The molecule has 3 heteroatoms. The number of rotatable bonds is 3. The van der Waals surface area contributed by atoms with Crippen LogP contribution in [-0.2, 0) is 10.2 Å². The lowest BCUT2D eigenvalue weighted by molar-refractivity contribution is 0.0320. The van der Waals surface area contributed by atoms with E-state index < -0.39 is 0 Å². The molecule has 0 aromatic heterocycles.